The third-order valence-electron chi connectivity index (χ3n) is 6.13. The first kappa shape index (κ1) is 28.1. The third-order valence-corrected chi connectivity index (χ3v) is 6.13. The summed E-state index contributed by atoms with van der Waals surface area (Å²) in [6.45, 7) is 7.16. The van der Waals surface area contributed by atoms with Crippen LogP contribution in [0.4, 0.5) is 0 Å². The third kappa shape index (κ3) is 6.86. The molecule has 196 valence electrons. The van der Waals surface area contributed by atoms with Crippen LogP contribution >= 0.6 is 12.4 Å². The number of fused-ring (bicyclic) bond motifs is 1. The number of hydrogen-bond donors (Lipinski definition) is 2. The van der Waals surface area contributed by atoms with E-state index in [0.29, 0.717) is 41.7 Å². The van der Waals surface area contributed by atoms with E-state index in [1.54, 1.807) is 18.2 Å². The van der Waals surface area contributed by atoms with Gasteiger partial charge in [0, 0.05) is 30.3 Å². The van der Waals surface area contributed by atoms with E-state index in [1.165, 1.54) is 5.56 Å². The zero-order chi connectivity index (χ0) is 25.7. The molecule has 1 atom stereocenters. The Morgan fingerprint density at radius 3 is 2.59 bits per heavy atom. The Balaban J connectivity index is 0.00000380. The summed E-state index contributed by atoms with van der Waals surface area (Å²) in [6.07, 6.45) is 1.47. The largest absolute Gasteiger partial charge is 0.490 e. The fourth-order valence-corrected chi connectivity index (χ4v) is 4.12. The van der Waals surface area contributed by atoms with Gasteiger partial charge in [-0.15, -0.1) is 12.4 Å². The number of rotatable bonds is 8. The lowest BCUT2D eigenvalue weighted by Gasteiger charge is -2.21. The van der Waals surface area contributed by atoms with Gasteiger partial charge in [0.15, 0.2) is 0 Å². The molecule has 0 spiro atoms. The molecule has 1 aromatic heterocycles. The minimum atomic E-state index is -0.113. The zero-order valence-electron chi connectivity index (χ0n) is 21.2. The average Bonchev–Trinajstić information content (AvgIpc) is 3.28. The summed E-state index contributed by atoms with van der Waals surface area (Å²) in [5.41, 5.74) is 4.25. The lowest BCUT2D eigenvalue weighted by atomic mass is 10.00. The van der Waals surface area contributed by atoms with Gasteiger partial charge in [-0.05, 0) is 69.0 Å². The van der Waals surface area contributed by atoms with Crippen LogP contribution in [0.3, 0.4) is 0 Å². The lowest BCUT2D eigenvalue weighted by molar-refractivity contribution is -0.130. The van der Waals surface area contributed by atoms with Crippen molar-refractivity contribution in [2.45, 2.75) is 45.8 Å². The Bertz CT molecular complexity index is 1270. The van der Waals surface area contributed by atoms with E-state index in [0.717, 1.165) is 24.0 Å². The molecule has 0 saturated heterocycles. The normalized spacial score (nSPS) is 13.8. The topological polar surface area (TPSA) is 125 Å². The molecule has 1 amide bonds. The van der Waals surface area contributed by atoms with Crippen LogP contribution in [0.15, 0.2) is 40.9 Å². The highest BCUT2D eigenvalue weighted by atomic mass is 35.5. The van der Waals surface area contributed by atoms with Crippen LogP contribution < -0.4 is 10.1 Å². The van der Waals surface area contributed by atoms with Crippen molar-refractivity contribution in [3.63, 3.8) is 0 Å². The minimum Gasteiger partial charge on any atom is -0.490 e. The van der Waals surface area contributed by atoms with E-state index >= 15 is 0 Å². The van der Waals surface area contributed by atoms with Gasteiger partial charge in [-0.1, -0.05) is 17.3 Å². The average molecular weight is 526 g/mol. The molecule has 1 aliphatic rings. The van der Waals surface area contributed by atoms with Gasteiger partial charge in [0.1, 0.15) is 11.8 Å². The number of nitrogens with zero attached hydrogens (tertiary/aromatic N) is 4. The number of carbonyl (C=O) groups excluding carboxylic acids is 1. The number of halogens is 1. The van der Waals surface area contributed by atoms with Gasteiger partial charge in [-0.2, -0.15) is 10.2 Å². The summed E-state index contributed by atoms with van der Waals surface area (Å²) in [5, 5.41) is 25.9. The lowest BCUT2D eigenvalue weighted by Crippen LogP contribution is -2.42. The monoisotopic (exact) mass is 525 g/mol. The number of nitriles is 1. The van der Waals surface area contributed by atoms with Crippen molar-refractivity contribution in [1.82, 2.24) is 20.4 Å². The second-order valence-electron chi connectivity index (χ2n) is 9.24. The number of aromatic nitrogens is 2. The molecule has 0 unspecified atom stereocenters. The molecule has 0 aliphatic carbocycles. The van der Waals surface area contributed by atoms with E-state index < -0.39 is 0 Å². The number of nitrogens with one attached hydrogen (secondary N) is 1. The maximum absolute atomic E-state index is 12.6. The van der Waals surface area contributed by atoms with E-state index in [1.807, 2.05) is 31.7 Å². The molecule has 10 heteroatoms. The van der Waals surface area contributed by atoms with Crippen molar-refractivity contribution >= 4 is 18.3 Å². The summed E-state index contributed by atoms with van der Waals surface area (Å²) in [6, 6.07) is 13.4. The Labute approximate surface area is 222 Å². The van der Waals surface area contributed by atoms with E-state index in [4.69, 9.17) is 14.4 Å². The molecule has 0 radical (unpaired) electrons. The highest BCUT2D eigenvalue weighted by molar-refractivity contribution is 5.85. The fraction of sp³-hybridized carbons (Fsp3) is 0.407. The molecule has 4 rings (SSSR count). The molecule has 2 heterocycles. The first-order chi connectivity index (χ1) is 17.4. The summed E-state index contributed by atoms with van der Waals surface area (Å²) in [7, 11) is 0. The van der Waals surface area contributed by atoms with Crippen LogP contribution in [-0.2, 0) is 17.6 Å². The molecule has 9 nitrogen and oxygen atoms in total. The molecule has 2 N–H and O–H groups in total. The fourth-order valence-electron chi connectivity index (χ4n) is 4.12. The molecule has 3 aromatic rings. The molecule has 0 saturated carbocycles. The molecular formula is C27H32ClN5O4. The summed E-state index contributed by atoms with van der Waals surface area (Å²) in [5.74, 6) is 1.35. The molecule has 2 aromatic carbocycles. The van der Waals surface area contributed by atoms with Crippen LogP contribution in [0.1, 0.15) is 37.5 Å². The summed E-state index contributed by atoms with van der Waals surface area (Å²) >= 11 is 0. The van der Waals surface area contributed by atoms with Gasteiger partial charge >= 0.3 is 0 Å². The zero-order valence-corrected chi connectivity index (χ0v) is 22.0. The maximum Gasteiger partial charge on any atom is 0.258 e. The van der Waals surface area contributed by atoms with E-state index in [9.17, 15) is 10.1 Å². The van der Waals surface area contributed by atoms with Crippen LogP contribution in [0.2, 0.25) is 0 Å². The van der Waals surface area contributed by atoms with Crippen molar-refractivity contribution in [2.24, 2.45) is 0 Å². The number of ether oxygens (including phenoxy) is 1. The minimum absolute atomic E-state index is 0. The number of amides is 1. The standard InChI is InChI=1S/C27H31N5O4.ClH/c1-17(2)35-24-7-6-22(13-23(24)14-28)27-30-26(31-36-27)21-5-4-19-8-10-32(11-9-20(19)12-21)25(34)15-29-18(3)16-33;/h4-7,12-13,17-18,29,33H,8-11,15-16H2,1-3H3;1H/t18-;/m1./s1. The number of carbonyl (C=O) groups is 1. The smallest absolute Gasteiger partial charge is 0.258 e. The van der Waals surface area contributed by atoms with Gasteiger partial charge in [0.2, 0.25) is 11.7 Å². The summed E-state index contributed by atoms with van der Waals surface area (Å²) < 4.78 is 11.2. The van der Waals surface area contributed by atoms with Crippen LogP contribution in [-0.4, -0.2) is 64.4 Å². The van der Waals surface area contributed by atoms with Crippen molar-refractivity contribution in [3.05, 3.63) is 53.1 Å². The quantitative estimate of drug-likeness (QED) is 0.458. The maximum atomic E-state index is 12.6. The van der Waals surface area contributed by atoms with Gasteiger partial charge in [-0.25, -0.2) is 0 Å². The highest BCUT2D eigenvalue weighted by Crippen LogP contribution is 2.29. The number of aliphatic hydroxyl groups excluding tert-OH is 1. The number of aliphatic hydroxyl groups is 1. The highest BCUT2D eigenvalue weighted by Gasteiger charge is 2.20. The number of hydrogen-bond acceptors (Lipinski definition) is 8. The Kier molecular flexibility index (Phi) is 9.64. The predicted molar refractivity (Wildman–Crippen MR) is 141 cm³/mol. The SMILES string of the molecule is CC(C)Oc1ccc(-c2nc(-c3ccc4c(c3)CCN(C(=O)CN[C@H](C)CO)CC4)no2)cc1C#N.Cl. The molecule has 1 aliphatic heterocycles. The van der Waals surface area contributed by atoms with Gasteiger partial charge < -0.3 is 24.6 Å². The van der Waals surface area contributed by atoms with Gasteiger partial charge in [0.05, 0.1) is 24.8 Å². The van der Waals surface area contributed by atoms with Crippen LogP contribution in [0, 0.1) is 11.3 Å². The van der Waals surface area contributed by atoms with Crippen molar-refractivity contribution in [3.8, 4) is 34.7 Å². The van der Waals surface area contributed by atoms with E-state index in [2.05, 4.69) is 33.7 Å². The predicted octanol–water partition coefficient (Wildman–Crippen LogP) is 3.38. The first-order valence-corrected chi connectivity index (χ1v) is 12.2. The van der Waals surface area contributed by atoms with Crippen molar-refractivity contribution in [1.29, 1.82) is 5.26 Å². The molecule has 37 heavy (non-hydrogen) atoms. The second-order valence-corrected chi connectivity index (χ2v) is 9.24. The van der Waals surface area contributed by atoms with Gasteiger partial charge in [0.25, 0.3) is 5.89 Å². The number of benzene rings is 2. The molecule has 0 bridgehead atoms. The van der Waals surface area contributed by atoms with Crippen LogP contribution in [0.25, 0.3) is 22.8 Å². The Morgan fingerprint density at radius 1 is 1.16 bits per heavy atom. The molecular weight excluding hydrogens is 494 g/mol. The summed E-state index contributed by atoms with van der Waals surface area (Å²) in [4.78, 5) is 19.0. The van der Waals surface area contributed by atoms with Gasteiger partial charge in [-0.3, -0.25) is 4.79 Å². The Hall–Kier alpha value is -3.45. The second kappa shape index (κ2) is 12.7. The Morgan fingerprint density at radius 2 is 1.89 bits per heavy atom. The van der Waals surface area contributed by atoms with Crippen molar-refractivity contribution < 1.29 is 19.2 Å². The first-order valence-electron chi connectivity index (χ1n) is 12.2. The van der Waals surface area contributed by atoms with E-state index in [-0.39, 0.29) is 43.6 Å². The molecule has 0 fully saturated rings. The van der Waals surface area contributed by atoms with Crippen LogP contribution in [0.5, 0.6) is 5.75 Å². The van der Waals surface area contributed by atoms with Crippen molar-refractivity contribution in [2.75, 3.05) is 26.2 Å².